The average Bonchev–Trinajstić information content (AvgIpc) is 2.77. The Morgan fingerprint density at radius 1 is 1.09 bits per heavy atom. The minimum atomic E-state index is -1.44. The van der Waals surface area contributed by atoms with Crippen LogP contribution in [0.15, 0.2) is 65.3 Å². The van der Waals surface area contributed by atoms with E-state index in [9.17, 15) is 9.59 Å². The molecule has 0 bridgehead atoms. The molecule has 2 amide bonds. The highest BCUT2D eigenvalue weighted by Gasteiger charge is 2.24. The van der Waals surface area contributed by atoms with E-state index in [0.717, 1.165) is 0 Å². The van der Waals surface area contributed by atoms with Crippen LogP contribution in [0.25, 0.3) is 0 Å². The number of nitrogens with two attached hydrogens (primary N) is 1. The van der Waals surface area contributed by atoms with Crippen molar-refractivity contribution in [2.75, 3.05) is 19.5 Å². The second kappa shape index (κ2) is 11.3. The molecule has 32 heavy (non-hydrogen) atoms. The Kier molecular flexibility index (Phi) is 8.77. The molecule has 1 atom stereocenters. The van der Waals surface area contributed by atoms with Crippen LogP contribution in [0.5, 0.6) is 5.75 Å². The minimum Gasteiger partial charge on any atom is -0.497 e. The van der Waals surface area contributed by atoms with Gasteiger partial charge in [-0.2, -0.15) is 0 Å². The zero-order valence-corrected chi connectivity index (χ0v) is 20.3. The fourth-order valence-electron chi connectivity index (χ4n) is 3.08. The van der Waals surface area contributed by atoms with Gasteiger partial charge >= 0.3 is 0 Å². The molecular formula is C24H32N4O3Si. The molecule has 0 heterocycles. The van der Waals surface area contributed by atoms with Crippen molar-refractivity contribution >= 4 is 37.0 Å². The van der Waals surface area contributed by atoms with Crippen molar-refractivity contribution in [1.82, 2.24) is 5.32 Å². The van der Waals surface area contributed by atoms with Gasteiger partial charge in [-0.15, -0.1) is 0 Å². The summed E-state index contributed by atoms with van der Waals surface area (Å²) in [6, 6.07) is 14.0. The number of hydrogen-bond donors (Lipinski definition) is 3. The molecule has 0 aliphatic rings. The van der Waals surface area contributed by atoms with Gasteiger partial charge in [0, 0.05) is 18.9 Å². The molecule has 2 rings (SSSR count). The lowest BCUT2D eigenvalue weighted by atomic mass is 10.0. The normalized spacial score (nSPS) is 13.0. The second-order valence-electron chi connectivity index (χ2n) is 8.40. The summed E-state index contributed by atoms with van der Waals surface area (Å²) in [5.41, 5.74) is 7.43. The van der Waals surface area contributed by atoms with Gasteiger partial charge in [-0.05, 0) is 41.6 Å². The van der Waals surface area contributed by atoms with E-state index in [0.29, 0.717) is 22.6 Å². The smallest absolute Gasteiger partial charge is 0.251 e. The van der Waals surface area contributed by atoms with E-state index in [2.05, 4.69) is 35.3 Å². The summed E-state index contributed by atoms with van der Waals surface area (Å²) in [6.07, 6.45) is 2.86. The lowest BCUT2D eigenvalue weighted by molar-refractivity contribution is -0.126. The summed E-state index contributed by atoms with van der Waals surface area (Å²) in [6.45, 7) is 6.80. The highest BCUT2D eigenvalue weighted by molar-refractivity contribution is 6.88. The predicted molar refractivity (Wildman–Crippen MR) is 133 cm³/mol. The molecule has 0 aliphatic carbocycles. The SMILES string of the molecule is CN=CC(=CN)CC(=O)NC(C(=O)Nc1ccc([Si](C)(C)C)cc1)c1ccc(OC)cc1. The maximum absolute atomic E-state index is 13.2. The predicted octanol–water partition coefficient (Wildman–Crippen LogP) is 2.97. The number of aliphatic imine (C=N–C) groups is 1. The molecule has 0 aromatic heterocycles. The van der Waals surface area contributed by atoms with Crippen LogP contribution in [0, 0.1) is 0 Å². The summed E-state index contributed by atoms with van der Waals surface area (Å²) >= 11 is 0. The van der Waals surface area contributed by atoms with Gasteiger partial charge in [-0.3, -0.25) is 14.6 Å². The standard InChI is InChI=1S/C24H32N4O3Si/c1-26-16-17(15-25)14-22(29)28-23(18-6-10-20(31-2)11-7-18)24(30)27-19-8-12-21(13-9-19)32(3,4)5/h6-13,15-16,23H,14,25H2,1-5H3,(H,27,30)(H,28,29). The van der Waals surface area contributed by atoms with Gasteiger partial charge in [0.25, 0.3) is 5.91 Å². The molecule has 4 N–H and O–H groups in total. The Morgan fingerprint density at radius 3 is 2.22 bits per heavy atom. The van der Waals surface area contributed by atoms with Crippen LogP contribution < -0.4 is 26.3 Å². The van der Waals surface area contributed by atoms with Gasteiger partial charge in [0.2, 0.25) is 5.91 Å². The number of hydrogen-bond acceptors (Lipinski definition) is 5. The van der Waals surface area contributed by atoms with Crippen LogP contribution >= 0.6 is 0 Å². The van der Waals surface area contributed by atoms with Crippen molar-refractivity contribution in [3.05, 3.63) is 65.9 Å². The van der Waals surface area contributed by atoms with E-state index in [1.807, 2.05) is 24.3 Å². The highest BCUT2D eigenvalue weighted by Crippen LogP contribution is 2.20. The van der Waals surface area contributed by atoms with Gasteiger partial charge in [-0.25, -0.2) is 0 Å². The molecule has 7 nitrogen and oxygen atoms in total. The van der Waals surface area contributed by atoms with E-state index in [4.69, 9.17) is 10.5 Å². The Morgan fingerprint density at radius 2 is 1.72 bits per heavy atom. The molecule has 0 aliphatic heterocycles. The van der Waals surface area contributed by atoms with Gasteiger partial charge in [0.1, 0.15) is 11.8 Å². The van der Waals surface area contributed by atoms with Crippen molar-refractivity contribution in [1.29, 1.82) is 0 Å². The van der Waals surface area contributed by atoms with Crippen molar-refractivity contribution in [3.63, 3.8) is 0 Å². The summed E-state index contributed by atoms with van der Waals surface area (Å²) in [7, 11) is 1.73. The first-order chi connectivity index (χ1) is 15.2. The molecule has 0 spiro atoms. The van der Waals surface area contributed by atoms with Crippen LogP contribution in [0.3, 0.4) is 0 Å². The van der Waals surface area contributed by atoms with Crippen molar-refractivity contribution in [2.24, 2.45) is 10.7 Å². The molecule has 0 radical (unpaired) electrons. The second-order valence-corrected chi connectivity index (χ2v) is 13.5. The summed E-state index contributed by atoms with van der Waals surface area (Å²) in [4.78, 5) is 29.7. The van der Waals surface area contributed by atoms with Crippen LogP contribution in [-0.2, 0) is 9.59 Å². The Labute approximate surface area is 190 Å². The molecule has 2 aromatic rings. The zero-order chi connectivity index (χ0) is 23.7. The molecule has 8 heteroatoms. The Bertz CT molecular complexity index is 978. The monoisotopic (exact) mass is 452 g/mol. The zero-order valence-electron chi connectivity index (χ0n) is 19.3. The van der Waals surface area contributed by atoms with E-state index in [1.165, 1.54) is 17.6 Å². The lowest BCUT2D eigenvalue weighted by Gasteiger charge is -2.20. The number of nitrogens with zero attached hydrogens (tertiary/aromatic N) is 1. The number of amides is 2. The lowest BCUT2D eigenvalue weighted by Crippen LogP contribution is -2.38. The van der Waals surface area contributed by atoms with Crippen molar-refractivity contribution in [2.45, 2.75) is 32.1 Å². The van der Waals surface area contributed by atoms with Gasteiger partial charge in [0.05, 0.1) is 21.6 Å². The van der Waals surface area contributed by atoms with Gasteiger partial charge in [-0.1, -0.05) is 49.1 Å². The molecule has 170 valence electrons. The van der Waals surface area contributed by atoms with Gasteiger partial charge in [0.15, 0.2) is 0 Å². The first kappa shape index (κ1) is 24.9. The Hall–Kier alpha value is -3.39. The topological polar surface area (TPSA) is 106 Å². The van der Waals surface area contributed by atoms with Crippen molar-refractivity contribution < 1.29 is 14.3 Å². The molecule has 0 saturated carbocycles. The first-order valence-corrected chi connectivity index (χ1v) is 13.9. The molecule has 0 fully saturated rings. The van der Waals surface area contributed by atoms with E-state index in [1.54, 1.807) is 38.4 Å². The quantitative estimate of drug-likeness (QED) is 0.402. The number of benzene rings is 2. The molecule has 2 aromatic carbocycles. The van der Waals surface area contributed by atoms with Crippen LogP contribution in [0.2, 0.25) is 19.6 Å². The minimum absolute atomic E-state index is 0.0126. The van der Waals surface area contributed by atoms with E-state index >= 15 is 0 Å². The van der Waals surface area contributed by atoms with E-state index < -0.39 is 14.1 Å². The maximum Gasteiger partial charge on any atom is 0.251 e. The summed E-state index contributed by atoms with van der Waals surface area (Å²) in [5, 5.41) is 7.02. The summed E-state index contributed by atoms with van der Waals surface area (Å²) < 4.78 is 5.20. The third kappa shape index (κ3) is 7.09. The average molecular weight is 453 g/mol. The number of carbonyl (C=O) groups excluding carboxylic acids is 2. The highest BCUT2D eigenvalue weighted by atomic mass is 28.3. The fraction of sp³-hybridized carbons (Fsp3) is 0.292. The third-order valence-corrected chi connectivity index (χ3v) is 6.97. The third-order valence-electron chi connectivity index (χ3n) is 4.91. The number of nitrogens with one attached hydrogen (secondary N) is 2. The van der Waals surface area contributed by atoms with Gasteiger partial charge < -0.3 is 21.1 Å². The maximum atomic E-state index is 13.2. The molecular weight excluding hydrogens is 420 g/mol. The van der Waals surface area contributed by atoms with E-state index in [-0.39, 0.29) is 18.2 Å². The van der Waals surface area contributed by atoms with Crippen LogP contribution in [0.4, 0.5) is 5.69 Å². The van der Waals surface area contributed by atoms with Crippen LogP contribution in [0.1, 0.15) is 18.0 Å². The van der Waals surface area contributed by atoms with Crippen LogP contribution in [-0.4, -0.2) is 40.3 Å². The van der Waals surface area contributed by atoms with Crippen molar-refractivity contribution in [3.8, 4) is 5.75 Å². The summed E-state index contributed by atoms with van der Waals surface area (Å²) in [5.74, 6) is -0.0213. The number of methoxy groups -OCH3 is 1. The Balaban J connectivity index is 2.24. The number of rotatable bonds is 9. The first-order valence-electron chi connectivity index (χ1n) is 10.4. The fourth-order valence-corrected chi connectivity index (χ4v) is 4.24. The number of anilines is 1. The largest absolute Gasteiger partial charge is 0.497 e. The molecule has 1 unspecified atom stereocenters. The number of carbonyl (C=O) groups is 2. The molecule has 0 saturated heterocycles. The number of ether oxygens (including phenoxy) is 1.